The smallest absolute Gasteiger partial charge is 0.325 e. The van der Waals surface area contributed by atoms with Crippen LogP contribution in [0.3, 0.4) is 0 Å². The van der Waals surface area contributed by atoms with Crippen molar-refractivity contribution in [2.45, 2.75) is 18.9 Å². The molecule has 0 bridgehead atoms. The summed E-state index contributed by atoms with van der Waals surface area (Å²) in [6.07, 6.45) is 1.05. The number of esters is 1. The highest BCUT2D eigenvalue weighted by molar-refractivity contribution is 5.85. The van der Waals surface area contributed by atoms with E-state index in [0.717, 1.165) is 0 Å². The van der Waals surface area contributed by atoms with Crippen LogP contribution < -0.4 is 21.7 Å². The van der Waals surface area contributed by atoms with Gasteiger partial charge in [-0.25, -0.2) is 0 Å². The summed E-state index contributed by atoms with van der Waals surface area (Å²) < 4.78 is 4.39. The summed E-state index contributed by atoms with van der Waals surface area (Å²) in [6, 6.07) is -0.696. The molecule has 114 valence electrons. The van der Waals surface area contributed by atoms with Crippen molar-refractivity contribution < 1.29 is 14.3 Å². The molecule has 20 heavy (non-hydrogen) atoms. The molecule has 0 saturated heterocycles. The third kappa shape index (κ3) is 8.86. The van der Waals surface area contributed by atoms with Gasteiger partial charge in [-0.3, -0.25) is 20.0 Å². The lowest BCUT2D eigenvalue weighted by atomic mass is 10.1. The van der Waals surface area contributed by atoms with Gasteiger partial charge in [0.15, 0.2) is 5.96 Å². The minimum absolute atomic E-state index is 0.140. The number of guanidine groups is 1. The summed E-state index contributed by atoms with van der Waals surface area (Å²) in [5, 5.41) is 15.3. The lowest BCUT2D eigenvalue weighted by Gasteiger charge is -2.12. The van der Waals surface area contributed by atoms with Gasteiger partial charge in [-0.2, -0.15) is 0 Å². The molecule has 1 amide bonds. The zero-order valence-electron chi connectivity index (χ0n) is 11.6. The number of ether oxygens (including phenoxy) is 1. The Hall–Kier alpha value is -2.16. The third-order valence-electron chi connectivity index (χ3n) is 2.33. The summed E-state index contributed by atoms with van der Waals surface area (Å²) in [4.78, 5) is 25.9. The van der Waals surface area contributed by atoms with Crippen LogP contribution in [-0.4, -0.2) is 57.5 Å². The topological polar surface area (TPSA) is 142 Å². The highest BCUT2D eigenvalue weighted by Crippen LogP contribution is 1.93. The van der Waals surface area contributed by atoms with Crippen LogP contribution in [0.15, 0.2) is 4.99 Å². The highest BCUT2D eigenvalue weighted by Gasteiger charge is 2.13. The summed E-state index contributed by atoms with van der Waals surface area (Å²) >= 11 is 0. The van der Waals surface area contributed by atoms with E-state index in [-0.39, 0.29) is 19.2 Å². The first-order chi connectivity index (χ1) is 9.51. The van der Waals surface area contributed by atoms with Gasteiger partial charge in [0.2, 0.25) is 5.91 Å². The van der Waals surface area contributed by atoms with E-state index in [1.54, 1.807) is 0 Å². The van der Waals surface area contributed by atoms with E-state index >= 15 is 0 Å². The van der Waals surface area contributed by atoms with Crippen molar-refractivity contribution >= 4 is 24.6 Å². The van der Waals surface area contributed by atoms with E-state index in [2.05, 4.69) is 32.4 Å². The Bertz CT molecular complexity index is 347. The van der Waals surface area contributed by atoms with Crippen molar-refractivity contribution in [1.29, 1.82) is 5.41 Å². The van der Waals surface area contributed by atoms with Crippen molar-refractivity contribution in [3.05, 3.63) is 0 Å². The van der Waals surface area contributed by atoms with Gasteiger partial charge in [-0.15, -0.1) is 0 Å². The van der Waals surface area contributed by atoms with E-state index in [0.29, 0.717) is 19.4 Å². The van der Waals surface area contributed by atoms with Crippen LogP contribution in [0.5, 0.6) is 0 Å². The number of methoxy groups -OCH3 is 1. The molecule has 0 spiro atoms. The Kier molecular flexibility index (Phi) is 9.57. The lowest BCUT2D eigenvalue weighted by Crippen LogP contribution is -2.43. The van der Waals surface area contributed by atoms with Crippen LogP contribution in [0.1, 0.15) is 12.8 Å². The van der Waals surface area contributed by atoms with E-state index in [1.807, 2.05) is 0 Å². The fourth-order valence-corrected chi connectivity index (χ4v) is 1.23. The quantitative estimate of drug-likeness (QED) is 0.146. The first kappa shape index (κ1) is 17.8. The Morgan fingerprint density at radius 1 is 1.40 bits per heavy atom. The van der Waals surface area contributed by atoms with Gasteiger partial charge in [0.25, 0.3) is 0 Å². The number of aliphatic imine (C=N–C) groups is 1. The fraction of sp³-hybridized carbons (Fsp3) is 0.636. The molecule has 0 aromatic heterocycles. The predicted molar refractivity (Wildman–Crippen MR) is 75.5 cm³/mol. The van der Waals surface area contributed by atoms with Gasteiger partial charge in [0.1, 0.15) is 13.2 Å². The summed E-state index contributed by atoms with van der Waals surface area (Å²) in [7, 11) is 1.24. The standard InChI is InChI=1S/C11H22N6O3/c1-14-7-17-11(13)15-5-3-4-8(12)10(19)16-6-9(18)20-2/h8H,1,3-7,12H2,2H3,(H,16,19)(H3,13,15,17)/t8-/m1/s1. The molecule has 0 saturated carbocycles. The monoisotopic (exact) mass is 286 g/mol. The second-order valence-electron chi connectivity index (χ2n) is 3.90. The Morgan fingerprint density at radius 3 is 2.70 bits per heavy atom. The fourth-order valence-electron chi connectivity index (χ4n) is 1.23. The summed E-state index contributed by atoms with van der Waals surface area (Å²) in [5.74, 6) is -0.789. The first-order valence-corrected chi connectivity index (χ1v) is 6.10. The minimum Gasteiger partial charge on any atom is -0.468 e. The zero-order chi connectivity index (χ0) is 15.4. The number of carbonyl (C=O) groups excluding carboxylic acids is 2. The van der Waals surface area contributed by atoms with Gasteiger partial charge < -0.3 is 26.4 Å². The van der Waals surface area contributed by atoms with Gasteiger partial charge in [-0.1, -0.05) is 0 Å². The normalized spacial score (nSPS) is 11.1. The van der Waals surface area contributed by atoms with E-state index < -0.39 is 17.9 Å². The van der Waals surface area contributed by atoms with Gasteiger partial charge in [-0.05, 0) is 19.6 Å². The van der Waals surface area contributed by atoms with Crippen molar-refractivity contribution in [3.8, 4) is 0 Å². The highest BCUT2D eigenvalue weighted by atomic mass is 16.5. The van der Waals surface area contributed by atoms with Gasteiger partial charge >= 0.3 is 5.97 Å². The van der Waals surface area contributed by atoms with Crippen molar-refractivity contribution in [2.75, 3.05) is 26.9 Å². The van der Waals surface area contributed by atoms with Crippen LogP contribution >= 0.6 is 0 Å². The number of hydrogen-bond acceptors (Lipinski definition) is 6. The molecule has 1 atom stereocenters. The van der Waals surface area contributed by atoms with E-state index in [4.69, 9.17) is 11.1 Å². The van der Waals surface area contributed by atoms with E-state index in [1.165, 1.54) is 7.11 Å². The van der Waals surface area contributed by atoms with E-state index in [9.17, 15) is 9.59 Å². The first-order valence-electron chi connectivity index (χ1n) is 6.10. The molecule has 9 heteroatoms. The molecule has 0 aliphatic rings. The largest absolute Gasteiger partial charge is 0.468 e. The molecule has 0 heterocycles. The lowest BCUT2D eigenvalue weighted by molar-refractivity contribution is -0.141. The molecule has 0 fully saturated rings. The summed E-state index contributed by atoms with van der Waals surface area (Å²) in [5.41, 5.74) is 5.66. The SMILES string of the molecule is C=NCNC(=N)NCCC[C@@H](N)C(=O)NCC(=O)OC. The van der Waals surface area contributed by atoms with Crippen LogP contribution in [0, 0.1) is 5.41 Å². The Balaban J connectivity index is 3.68. The molecule has 0 aliphatic heterocycles. The maximum atomic E-state index is 11.5. The molecule has 0 radical (unpaired) electrons. The van der Waals surface area contributed by atoms with Gasteiger partial charge in [0.05, 0.1) is 13.2 Å². The number of hydrogen-bond donors (Lipinski definition) is 5. The number of nitrogens with one attached hydrogen (secondary N) is 4. The number of nitrogens with two attached hydrogens (primary N) is 1. The Morgan fingerprint density at radius 2 is 2.10 bits per heavy atom. The van der Waals surface area contributed by atoms with Crippen LogP contribution in [0.25, 0.3) is 0 Å². The molecular weight excluding hydrogens is 264 g/mol. The van der Waals surface area contributed by atoms with Crippen LogP contribution in [-0.2, 0) is 14.3 Å². The van der Waals surface area contributed by atoms with Crippen LogP contribution in [0.4, 0.5) is 0 Å². The minimum atomic E-state index is -0.696. The van der Waals surface area contributed by atoms with Crippen molar-refractivity contribution in [3.63, 3.8) is 0 Å². The maximum absolute atomic E-state index is 11.5. The van der Waals surface area contributed by atoms with Crippen LogP contribution in [0.2, 0.25) is 0 Å². The molecule has 0 aromatic carbocycles. The molecule has 0 rings (SSSR count). The summed E-state index contributed by atoms with van der Waals surface area (Å²) in [6.45, 7) is 3.85. The third-order valence-corrected chi connectivity index (χ3v) is 2.33. The molecule has 0 aromatic rings. The number of carbonyl (C=O) groups is 2. The average molecular weight is 286 g/mol. The van der Waals surface area contributed by atoms with Gasteiger partial charge in [0, 0.05) is 6.54 Å². The number of rotatable bonds is 9. The molecule has 0 aliphatic carbocycles. The average Bonchev–Trinajstić information content (AvgIpc) is 2.46. The Labute approximate surface area is 117 Å². The van der Waals surface area contributed by atoms with Crippen molar-refractivity contribution in [1.82, 2.24) is 16.0 Å². The molecule has 6 N–H and O–H groups in total. The maximum Gasteiger partial charge on any atom is 0.325 e. The zero-order valence-corrected chi connectivity index (χ0v) is 11.6. The molecular formula is C11H22N6O3. The molecule has 0 unspecified atom stereocenters. The molecule has 9 nitrogen and oxygen atoms in total. The number of amides is 1. The second-order valence-corrected chi connectivity index (χ2v) is 3.90. The second kappa shape index (κ2) is 10.7. The van der Waals surface area contributed by atoms with Crippen molar-refractivity contribution in [2.24, 2.45) is 10.7 Å². The number of nitrogens with zero attached hydrogens (tertiary/aromatic N) is 1. The predicted octanol–water partition coefficient (Wildman–Crippen LogP) is -1.84.